The van der Waals surface area contributed by atoms with E-state index in [-0.39, 0.29) is 18.0 Å². The molecule has 0 saturated carbocycles. The van der Waals surface area contributed by atoms with Gasteiger partial charge >= 0.3 is 0 Å². The van der Waals surface area contributed by atoms with E-state index in [0.717, 1.165) is 11.1 Å². The van der Waals surface area contributed by atoms with Crippen LogP contribution in [-0.2, 0) is 6.42 Å². The number of pyridine rings is 1. The first-order chi connectivity index (χ1) is 8.16. The molecule has 3 heteroatoms. The SMILES string of the molecule is Cc1ccc(F)cc1C(=O)Cc1ccncc1. The first-order valence-corrected chi connectivity index (χ1v) is 5.35. The molecule has 1 aromatic heterocycles. The summed E-state index contributed by atoms with van der Waals surface area (Å²) in [4.78, 5) is 15.9. The number of hydrogen-bond donors (Lipinski definition) is 0. The van der Waals surface area contributed by atoms with E-state index >= 15 is 0 Å². The van der Waals surface area contributed by atoms with E-state index in [0.29, 0.717) is 5.56 Å². The van der Waals surface area contributed by atoms with E-state index in [4.69, 9.17) is 0 Å². The minimum atomic E-state index is -0.381. The van der Waals surface area contributed by atoms with Gasteiger partial charge in [0.25, 0.3) is 0 Å². The minimum Gasteiger partial charge on any atom is -0.294 e. The zero-order chi connectivity index (χ0) is 12.3. The van der Waals surface area contributed by atoms with Crippen molar-refractivity contribution in [1.29, 1.82) is 0 Å². The molecule has 17 heavy (non-hydrogen) atoms. The average Bonchev–Trinajstić information content (AvgIpc) is 2.33. The van der Waals surface area contributed by atoms with Crippen molar-refractivity contribution in [3.8, 4) is 0 Å². The van der Waals surface area contributed by atoms with Gasteiger partial charge in [0.05, 0.1) is 0 Å². The van der Waals surface area contributed by atoms with Gasteiger partial charge in [-0.05, 0) is 42.3 Å². The summed E-state index contributed by atoms with van der Waals surface area (Å²) in [7, 11) is 0. The lowest BCUT2D eigenvalue weighted by atomic mass is 10.00. The third-order valence-corrected chi connectivity index (χ3v) is 2.61. The maximum Gasteiger partial charge on any atom is 0.167 e. The van der Waals surface area contributed by atoms with Crippen LogP contribution in [0.4, 0.5) is 4.39 Å². The number of ketones is 1. The third-order valence-electron chi connectivity index (χ3n) is 2.61. The quantitative estimate of drug-likeness (QED) is 0.757. The maximum absolute atomic E-state index is 13.1. The van der Waals surface area contributed by atoms with Crippen LogP contribution in [-0.4, -0.2) is 10.8 Å². The molecular formula is C14H12FNO. The minimum absolute atomic E-state index is 0.0757. The van der Waals surface area contributed by atoms with E-state index in [1.165, 1.54) is 12.1 Å². The number of Topliss-reactive ketones (excluding diaryl/α,β-unsaturated/α-hetero) is 1. The predicted molar refractivity (Wildman–Crippen MR) is 63.4 cm³/mol. The Balaban J connectivity index is 2.23. The Morgan fingerprint density at radius 3 is 2.65 bits per heavy atom. The molecule has 0 atom stereocenters. The highest BCUT2D eigenvalue weighted by atomic mass is 19.1. The molecule has 0 unspecified atom stereocenters. The van der Waals surface area contributed by atoms with Crippen LogP contribution in [0.5, 0.6) is 0 Å². The fourth-order valence-electron chi connectivity index (χ4n) is 1.68. The van der Waals surface area contributed by atoms with Crippen molar-refractivity contribution >= 4 is 5.78 Å². The van der Waals surface area contributed by atoms with Gasteiger partial charge in [0, 0.05) is 24.4 Å². The first kappa shape index (κ1) is 11.5. The number of hydrogen-bond acceptors (Lipinski definition) is 2. The maximum atomic E-state index is 13.1. The van der Waals surface area contributed by atoms with Gasteiger partial charge in [-0.2, -0.15) is 0 Å². The van der Waals surface area contributed by atoms with Gasteiger partial charge in [-0.15, -0.1) is 0 Å². The van der Waals surface area contributed by atoms with E-state index in [1.807, 2.05) is 0 Å². The number of benzene rings is 1. The lowest BCUT2D eigenvalue weighted by molar-refractivity contribution is 0.0992. The van der Waals surface area contributed by atoms with Gasteiger partial charge in [0.15, 0.2) is 5.78 Å². The van der Waals surface area contributed by atoms with Crippen LogP contribution in [0.1, 0.15) is 21.5 Å². The second-order valence-corrected chi connectivity index (χ2v) is 3.91. The number of aromatic nitrogens is 1. The molecule has 0 radical (unpaired) electrons. The molecule has 0 bridgehead atoms. The smallest absolute Gasteiger partial charge is 0.167 e. The lowest BCUT2D eigenvalue weighted by Crippen LogP contribution is -2.06. The summed E-state index contributed by atoms with van der Waals surface area (Å²) in [5.74, 6) is -0.457. The molecule has 0 fully saturated rings. The van der Waals surface area contributed by atoms with Gasteiger partial charge in [-0.1, -0.05) is 6.07 Å². The number of rotatable bonds is 3. The number of carbonyl (C=O) groups excluding carboxylic acids is 1. The highest BCUT2D eigenvalue weighted by Gasteiger charge is 2.10. The van der Waals surface area contributed by atoms with Crippen LogP contribution in [0.25, 0.3) is 0 Å². The van der Waals surface area contributed by atoms with Crippen molar-refractivity contribution in [2.75, 3.05) is 0 Å². The molecule has 86 valence electrons. The van der Waals surface area contributed by atoms with E-state index in [1.54, 1.807) is 37.5 Å². The Labute approximate surface area is 99.1 Å². The normalized spacial score (nSPS) is 10.2. The molecule has 2 nitrogen and oxygen atoms in total. The van der Waals surface area contributed by atoms with E-state index in [2.05, 4.69) is 4.98 Å². The summed E-state index contributed by atoms with van der Waals surface area (Å²) < 4.78 is 13.1. The molecular weight excluding hydrogens is 217 g/mol. The van der Waals surface area contributed by atoms with Gasteiger partial charge in [0.1, 0.15) is 5.82 Å². The second kappa shape index (κ2) is 4.87. The third kappa shape index (κ3) is 2.75. The predicted octanol–water partition coefficient (Wildman–Crippen LogP) is 2.95. The van der Waals surface area contributed by atoms with Gasteiger partial charge in [-0.25, -0.2) is 4.39 Å². The molecule has 0 spiro atoms. The van der Waals surface area contributed by atoms with Crippen LogP contribution in [0.2, 0.25) is 0 Å². The van der Waals surface area contributed by atoms with Gasteiger partial charge in [0.2, 0.25) is 0 Å². The molecule has 0 aliphatic rings. The molecule has 0 amide bonds. The lowest BCUT2D eigenvalue weighted by Gasteiger charge is -2.05. The zero-order valence-corrected chi connectivity index (χ0v) is 9.48. The number of nitrogens with zero attached hydrogens (tertiary/aromatic N) is 1. The Morgan fingerprint density at radius 1 is 1.24 bits per heavy atom. The van der Waals surface area contributed by atoms with Crippen molar-refractivity contribution in [3.63, 3.8) is 0 Å². The summed E-state index contributed by atoms with van der Waals surface area (Å²) in [6.07, 6.45) is 3.55. The fourth-order valence-corrected chi connectivity index (χ4v) is 1.68. The van der Waals surface area contributed by atoms with Gasteiger partial charge in [-0.3, -0.25) is 9.78 Å². The highest BCUT2D eigenvalue weighted by molar-refractivity contribution is 5.98. The molecule has 2 rings (SSSR count). The Bertz CT molecular complexity index is 537. The molecule has 1 heterocycles. The van der Waals surface area contributed by atoms with Crippen molar-refractivity contribution in [2.24, 2.45) is 0 Å². The van der Waals surface area contributed by atoms with Crippen LogP contribution in [0, 0.1) is 12.7 Å². The topological polar surface area (TPSA) is 30.0 Å². The zero-order valence-electron chi connectivity index (χ0n) is 9.48. The fraction of sp³-hybridized carbons (Fsp3) is 0.143. The van der Waals surface area contributed by atoms with Crippen LogP contribution in [0.15, 0.2) is 42.7 Å². The van der Waals surface area contributed by atoms with Crippen LogP contribution < -0.4 is 0 Å². The summed E-state index contributed by atoms with van der Waals surface area (Å²) in [6, 6.07) is 7.84. The Kier molecular flexibility index (Phi) is 3.28. The van der Waals surface area contributed by atoms with Crippen molar-refractivity contribution in [1.82, 2.24) is 4.98 Å². The summed E-state index contributed by atoms with van der Waals surface area (Å²) in [5, 5.41) is 0. The summed E-state index contributed by atoms with van der Waals surface area (Å²) in [5.41, 5.74) is 2.13. The molecule has 0 N–H and O–H groups in total. The molecule has 0 aliphatic carbocycles. The van der Waals surface area contributed by atoms with Crippen molar-refractivity contribution < 1.29 is 9.18 Å². The first-order valence-electron chi connectivity index (χ1n) is 5.35. The summed E-state index contributed by atoms with van der Waals surface area (Å²) >= 11 is 0. The molecule has 1 aromatic carbocycles. The largest absolute Gasteiger partial charge is 0.294 e. The molecule has 0 aliphatic heterocycles. The van der Waals surface area contributed by atoms with Crippen molar-refractivity contribution in [2.45, 2.75) is 13.3 Å². The highest BCUT2D eigenvalue weighted by Crippen LogP contribution is 2.13. The van der Waals surface area contributed by atoms with E-state index < -0.39 is 0 Å². The number of halogens is 1. The van der Waals surface area contributed by atoms with Gasteiger partial charge < -0.3 is 0 Å². The Morgan fingerprint density at radius 2 is 1.94 bits per heavy atom. The standard InChI is InChI=1S/C14H12FNO/c1-10-2-3-12(15)9-13(10)14(17)8-11-4-6-16-7-5-11/h2-7,9H,8H2,1H3. The monoisotopic (exact) mass is 229 g/mol. The number of aryl methyl sites for hydroxylation is 1. The van der Waals surface area contributed by atoms with E-state index in [9.17, 15) is 9.18 Å². The van der Waals surface area contributed by atoms with Crippen LogP contribution >= 0.6 is 0 Å². The van der Waals surface area contributed by atoms with Crippen molar-refractivity contribution in [3.05, 3.63) is 65.2 Å². The number of carbonyl (C=O) groups is 1. The molecule has 2 aromatic rings. The average molecular weight is 229 g/mol. The van der Waals surface area contributed by atoms with Crippen LogP contribution in [0.3, 0.4) is 0 Å². The Hall–Kier alpha value is -2.03. The second-order valence-electron chi connectivity index (χ2n) is 3.91. The summed E-state index contributed by atoms with van der Waals surface area (Å²) in [6.45, 7) is 1.80. The molecule has 0 saturated heterocycles.